The average Bonchev–Trinajstić information content (AvgIpc) is 3.10. The van der Waals surface area contributed by atoms with Crippen molar-refractivity contribution in [2.75, 3.05) is 11.4 Å². The number of nitrogens with zero attached hydrogens (tertiary/aromatic N) is 7. The third-order valence-electron chi connectivity index (χ3n) is 3.63. The molecule has 0 N–H and O–H groups in total. The first kappa shape index (κ1) is 13.0. The van der Waals surface area contributed by atoms with Gasteiger partial charge in [-0.2, -0.15) is 13.2 Å². The molecule has 0 aliphatic carbocycles. The summed E-state index contributed by atoms with van der Waals surface area (Å²) in [6.45, 7) is 0.788. The Hall–Kier alpha value is -2.65. The first-order chi connectivity index (χ1) is 10.5. The van der Waals surface area contributed by atoms with Crippen LogP contribution in [0.5, 0.6) is 0 Å². The number of hydrogen-bond acceptors (Lipinski definition) is 5. The van der Waals surface area contributed by atoms with Crippen LogP contribution in [-0.2, 0) is 19.3 Å². The van der Waals surface area contributed by atoms with Crippen LogP contribution in [0.3, 0.4) is 0 Å². The summed E-state index contributed by atoms with van der Waals surface area (Å²) < 4.78 is 41.4. The maximum Gasteiger partial charge on any atom is 0.451 e. The molecule has 10 heteroatoms. The number of halogens is 3. The van der Waals surface area contributed by atoms with Gasteiger partial charge in [0.15, 0.2) is 11.6 Å². The van der Waals surface area contributed by atoms with Gasteiger partial charge in [0.2, 0.25) is 5.82 Å². The number of imidazole rings is 1. The van der Waals surface area contributed by atoms with Crippen LogP contribution in [0.15, 0.2) is 24.9 Å². The zero-order valence-electron chi connectivity index (χ0n) is 11.2. The van der Waals surface area contributed by atoms with E-state index in [1.165, 1.54) is 0 Å². The molecule has 3 aromatic rings. The van der Waals surface area contributed by atoms with Crippen molar-refractivity contribution in [1.29, 1.82) is 0 Å². The zero-order chi connectivity index (χ0) is 15.3. The lowest BCUT2D eigenvalue weighted by atomic mass is 10.3. The zero-order valence-corrected chi connectivity index (χ0v) is 11.2. The first-order valence-electron chi connectivity index (χ1n) is 6.55. The van der Waals surface area contributed by atoms with E-state index >= 15 is 0 Å². The van der Waals surface area contributed by atoms with Gasteiger partial charge in [0, 0.05) is 25.5 Å². The predicted molar refractivity (Wildman–Crippen MR) is 69.1 cm³/mol. The second-order valence-electron chi connectivity index (χ2n) is 4.95. The Balaban J connectivity index is 1.69. The molecule has 0 bridgehead atoms. The summed E-state index contributed by atoms with van der Waals surface area (Å²) in [4.78, 5) is 10.2. The molecule has 22 heavy (non-hydrogen) atoms. The van der Waals surface area contributed by atoms with Crippen LogP contribution in [0.2, 0.25) is 0 Å². The summed E-state index contributed by atoms with van der Waals surface area (Å²) in [5.74, 6) is 0.0121. The summed E-state index contributed by atoms with van der Waals surface area (Å²) in [7, 11) is 0. The van der Waals surface area contributed by atoms with Crippen LogP contribution in [0, 0.1) is 0 Å². The minimum Gasteiger partial charge on any atom is -0.345 e. The molecule has 7 nitrogen and oxygen atoms in total. The third kappa shape index (κ3) is 1.90. The fraction of sp³-hybridized carbons (Fsp3) is 0.333. The number of fused-ring (bicyclic) bond motifs is 2. The Morgan fingerprint density at radius 2 is 2.00 bits per heavy atom. The van der Waals surface area contributed by atoms with Gasteiger partial charge < -0.3 is 13.9 Å². The smallest absolute Gasteiger partial charge is 0.345 e. The SMILES string of the molecule is FC(F)(F)c1nnc2n1CCN(c1ncn3ccncc13)C2. The summed E-state index contributed by atoms with van der Waals surface area (Å²) in [6, 6.07) is 0. The molecule has 3 aromatic heterocycles. The van der Waals surface area contributed by atoms with E-state index in [1.807, 2.05) is 9.30 Å². The Morgan fingerprint density at radius 1 is 1.14 bits per heavy atom. The molecule has 0 spiro atoms. The monoisotopic (exact) mass is 309 g/mol. The Morgan fingerprint density at radius 3 is 2.82 bits per heavy atom. The topological polar surface area (TPSA) is 64.1 Å². The molecule has 114 valence electrons. The van der Waals surface area contributed by atoms with E-state index in [2.05, 4.69) is 20.2 Å². The highest BCUT2D eigenvalue weighted by Gasteiger charge is 2.39. The molecule has 0 saturated carbocycles. The number of alkyl halides is 3. The number of rotatable bonds is 1. The second kappa shape index (κ2) is 4.42. The first-order valence-corrected chi connectivity index (χ1v) is 6.55. The molecule has 1 aliphatic rings. The minimum absolute atomic E-state index is 0.163. The Labute approximate surface area is 122 Å². The molecule has 4 heterocycles. The minimum atomic E-state index is -4.49. The second-order valence-corrected chi connectivity index (χ2v) is 4.95. The Kier molecular flexibility index (Phi) is 2.62. The average molecular weight is 309 g/mol. The van der Waals surface area contributed by atoms with Crippen LogP contribution in [-0.4, -0.2) is 35.7 Å². The van der Waals surface area contributed by atoms with Crippen LogP contribution in [0.25, 0.3) is 5.52 Å². The van der Waals surface area contributed by atoms with Crippen molar-refractivity contribution < 1.29 is 13.2 Å². The van der Waals surface area contributed by atoms with Gasteiger partial charge in [-0.3, -0.25) is 4.98 Å². The highest BCUT2D eigenvalue weighted by Crippen LogP contribution is 2.30. The van der Waals surface area contributed by atoms with Gasteiger partial charge in [0.05, 0.1) is 12.7 Å². The number of hydrogen-bond donors (Lipinski definition) is 0. The summed E-state index contributed by atoms with van der Waals surface area (Å²) in [6.07, 6.45) is 2.23. The Bertz CT molecular complexity index is 835. The van der Waals surface area contributed by atoms with Gasteiger partial charge in [-0.25, -0.2) is 4.98 Å². The van der Waals surface area contributed by atoms with Crippen molar-refractivity contribution in [3.63, 3.8) is 0 Å². The van der Waals surface area contributed by atoms with Gasteiger partial charge in [0.25, 0.3) is 0 Å². The van der Waals surface area contributed by atoms with Gasteiger partial charge in [-0.05, 0) is 0 Å². The van der Waals surface area contributed by atoms with Gasteiger partial charge in [0.1, 0.15) is 11.8 Å². The molecule has 0 fully saturated rings. The molecule has 0 atom stereocenters. The van der Waals surface area contributed by atoms with Crippen LogP contribution in [0.1, 0.15) is 11.6 Å². The van der Waals surface area contributed by atoms with Crippen LogP contribution in [0.4, 0.5) is 19.0 Å². The van der Waals surface area contributed by atoms with Crippen LogP contribution < -0.4 is 4.90 Å². The third-order valence-corrected chi connectivity index (χ3v) is 3.63. The quantitative estimate of drug-likeness (QED) is 0.679. The van der Waals surface area contributed by atoms with Crippen molar-refractivity contribution >= 4 is 11.3 Å². The molecule has 0 unspecified atom stereocenters. The largest absolute Gasteiger partial charge is 0.451 e. The summed E-state index contributed by atoms with van der Waals surface area (Å²) in [5.41, 5.74) is 0.798. The molecule has 0 amide bonds. The highest BCUT2D eigenvalue weighted by molar-refractivity contribution is 5.68. The van der Waals surface area contributed by atoms with Crippen molar-refractivity contribution in [3.05, 3.63) is 36.6 Å². The maximum atomic E-state index is 12.8. The van der Waals surface area contributed by atoms with Gasteiger partial charge in [-0.15, -0.1) is 10.2 Å². The molecular formula is C12H10F3N7. The summed E-state index contributed by atoms with van der Waals surface area (Å²) in [5, 5.41) is 6.93. The van der Waals surface area contributed by atoms with E-state index in [1.54, 1.807) is 24.9 Å². The summed E-state index contributed by atoms with van der Waals surface area (Å²) >= 11 is 0. The number of aromatic nitrogens is 6. The lowest BCUT2D eigenvalue weighted by Gasteiger charge is -2.28. The fourth-order valence-corrected chi connectivity index (χ4v) is 2.62. The predicted octanol–water partition coefficient (Wildman–Crippen LogP) is 1.36. The molecule has 4 rings (SSSR count). The molecule has 1 aliphatic heterocycles. The van der Waals surface area contributed by atoms with E-state index in [9.17, 15) is 13.2 Å². The van der Waals surface area contributed by atoms with Crippen molar-refractivity contribution in [1.82, 2.24) is 29.1 Å². The molecular weight excluding hydrogens is 299 g/mol. The normalized spacial score (nSPS) is 15.3. The molecule has 0 radical (unpaired) electrons. The lowest BCUT2D eigenvalue weighted by molar-refractivity contribution is -0.147. The van der Waals surface area contributed by atoms with E-state index in [0.717, 1.165) is 10.1 Å². The highest BCUT2D eigenvalue weighted by atomic mass is 19.4. The van der Waals surface area contributed by atoms with E-state index in [-0.39, 0.29) is 18.9 Å². The van der Waals surface area contributed by atoms with Crippen molar-refractivity contribution in [2.45, 2.75) is 19.3 Å². The molecule has 0 saturated heterocycles. The van der Waals surface area contributed by atoms with Gasteiger partial charge in [-0.1, -0.05) is 0 Å². The van der Waals surface area contributed by atoms with Crippen LogP contribution >= 0.6 is 0 Å². The number of anilines is 1. The maximum absolute atomic E-state index is 12.8. The molecule has 0 aromatic carbocycles. The van der Waals surface area contributed by atoms with E-state index < -0.39 is 12.0 Å². The van der Waals surface area contributed by atoms with Gasteiger partial charge >= 0.3 is 6.18 Å². The standard InChI is InChI=1S/C12H10F3N7/c13-12(14,15)11-19-18-9-6-20(3-4-22(9)11)10-8-5-16-1-2-21(8)7-17-10/h1-2,5,7H,3-4,6H2. The van der Waals surface area contributed by atoms with Crippen molar-refractivity contribution in [2.24, 2.45) is 0 Å². The van der Waals surface area contributed by atoms with Crippen molar-refractivity contribution in [3.8, 4) is 0 Å². The fourth-order valence-electron chi connectivity index (χ4n) is 2.62. The van der Waals surface area contributed by atoms with E-state index in [4.69, 9.17) is 0 Å². The van der Waals surface area contributed by atoms with E-state index in [0.29, 0.717) is 12.4 Å². The lowest BCUT2D eigenvalue weighted by Crippen LogP contribution is -2.35.